The molecule has 1 aliphatic heterocycles. The highest BCUT2D eigenvalue weighted by Crippen LogP contribution is 2.12. The molecular formula is C10H22N2O2S. The second kappa shape index (κ2) is 4.80. The van der Waals surface area contributed by atoms with E-state index in [1.807, 2.05) is 0 Å². The predicted octanol–water partition coefficient (Wildman–Crippen LogP) is 0.800. The lowest BCUT2D eigenvalue weighted by Gasteiger charge is -2.25. The molecule has 1 rings (SSSR count). The first-order valence-corrected chi connectivity index (χ1v) is 7.21. The van der Waals surface area contributed by atoms with E-state index in [1.165, 1.54) is 0 Å². The summed E-state index contributed by atoms with van der Waals surface area (Å²) < 4.78 is 24.6. The van der Waals surface area contributed by atoms with Gasteiger partial charge in [-0.05, 0) is 26.7 Å². The Morgan fingerprint density at radius 3 is 2.53 bits per heavy atom. The van der Waals surface area contributed by atoms with E-state index in [0.717, 1.165) is 19.4 Å². The smallest absolute Gasteiger partial charge is 0.214 e. The van der Waals surface area contributed by atoms with E-state index in [1.54, 1.807) is 4.31 Å². The molecule has 0 aromatic heterocycles. The van der Waals surface area contributed by atoms with Crippen LogP contribution in [0.5, 0.6) is 0 Å². The Balaban J connectivity index is 2.33. The third-order valence-electron chi connectivity index (χ3n) is 3.05. The maximum absolute atomic E-state index is 11.5. The van der Waals surface area contributed by atoms with Crippen molar-refractivity contribution in [2.24, 2.45) is 0 Å². The number of rotatable bonds is 5. The van der Waals surface area contributed by atoms with Gasteiger partial charge in [-0.1, -0.05) is 6.92 Å². The highest BCUT2D eigenvalue weighted by atomic mass is 32.2. The number of nitrogens with zero attached hydrogens (tertiary/aromatic N) is 1. The number of nitrogens with one attached hydrogen (secondary N) is 1. The largest absolute Gasteiger partial charge is 0.310 e. The monoisotopic (exact) mass is 234 g/mol. The van der Waals surface area contributed by atoms with Crippen LogP contribution < -0.4 is 5.32 Å². The first kappa shape index (κ1) is 12.9. The molecule has 0 radical (unpaired) electrons. The van der Waals surface area contributed by atoms with Crippen molar-refractivity contribution in [3.05, 3.63) is 0 Å². The van der Waals surface area contributed by atoms with Crippen molar-refractivity contribution >= 4 is 10.0 Å². The maximum atomic E-state index is 11.5. The van der Waals surface area contributed by atoms with Crippen LogP contribution in [0, 0.1) is 0 Å². The lowest BCUT2D eigenvalue weighted by molar-refractivity contribution is 0.348. The van der Waals surface area contributed by atoms with E-state index in [4.69, 9.17) is 0 Å². The fourth-order valence-corrected chi connectivity index (χ4v) is 3.12. The second-order valence-corrected chi connectivity index (χ2v) is 6.82. The Labute approximate surface area is 93.1 Å². The topological polar surface area (TPSA) is 49.4 Å². The molecule has 1 fully saturated rings. The van der Waals surface area contributed by atoms with E-state index in [2.05, 4.69) is 26.1 Å². The van der Waals surface area contributed by atoms with Crippen LogP contribution in [0.2, 0.25) is 0 Å². The van der Waals surface area contributed by atoms with Crippen LogP contribution in [0.1, 0.15) is 33.6 Å². The van der Waals surface area contributed by atoms with Gasteiger partial charge in [-0.3, -0.25) is 0 Å². The van der Waals surface area contributed by atoms with Gasteiger partial charge < -0.3 is 5.32 Å². The van der Waals surface area contributed by atoms with Gasteiger partial charge in [0.2, 0.25) is 10.0 Å². The Morgan fingerprint density at radius 1 is 1.40 bits per heavy atom. The summed E-state index contributed by atoms with van der Waals surface area (Å²) in [7, 11) is -2.92. The standard InChI is InChI=1S/C10H22N2O2S/c1-4-10(2,3)11-6-8-12-7-5-9-15(12,13)14/h11H,4-9H2,1-3H3. The molecule has 1 heterocycles. The van der Waals surface area contributed by atoms with Gasteiger partial charge in [0.15, 0.2) is 0 Å². The van der Waals surface area contributed by atoms with E-state index >= 15 is 0 Å². The third kappa shape index (κ3) is 3.74. The molecule has 1 saturated heterocycles. The van der Waals surface area contributed by atoms with Crippen molar-refractivity contribution in [2.45, 2.75) is 39.2 Å². The SMILES string of the molecule is CCC(C)(C)NCCN1CCCS1(=O)=O. The fourth-order valence-electron chi connectivity index (χ4n) is 1.59. The van der Waals surface area contributed by atoms with E-state index in [-0.39, 0.29) is 5.54 Å². The maximum Gasteiger partial charge on any atom is 0.214 e. The second-order valence-electron chi connectivity index (χ2n) is 4.73. The van der Waals surface area contributed by atoms with Gasteiger partial charge in [0.25, 0.3) is 0 Å². The molecule has 1 N–H and O–H groups in total. The molecule has 0 spiro atoms. The summed E-state index contributed by atoms with van der Waals surface area (Å²) in [6, 6.07) is 0. The molecule has 0 bridgehead atoms. The molecule has 15 heavy (non-hydrogen) atoms. The summed E-state index contributed by atoms with van der Waals surface area (Å²) >= 11 is 0. The van der Waals surface area contributed by atoms with Crippen LogP contribution in [-0.2, 0) is 10.0 Å². The number of hydrogen-bond donors (Lipinski definition) is 1. The van der Waals surface area contributed by atoms with E-state index < -0.39 is 10.0 Å². The molecule has 0 amide bonds. The van der Waals surface area contributed by atoms with Gasteiger partial charge in [-0.15, -0.1) is 0 Å². The van der Waals surface area contributed by atoms with E-state index in [9.17, 15) is 8.42 Å². The summed E-state index contributed by atoms with van der Waals surface area (Å²) in [5, 5.41) is 3.37. The van der Waals surface area contributed by atoms with Crippen molar-refractivity contribution in [1.82, 2.24) is 9.62 Å². The van der Waals surface area contributed by atoms with E-state index in [0.29, 0.717) is 18.8 Å². The molecule has 5 heteroatoms. The normalized spacial score (nSPS) is 22.1. The molecule has 0 aromatic carbocycles. The predicted molar refractivity (Wildman–Crippen MR) is 62.3 cm³/mol. The van der Waals surface area contributed by atoms with Crippen LogP contribution in [-0.4, -0.2) is 43.6 Å². The third-order valence-corrected chi connectivity index (χ3v) is 5.01. The first-order valence-electron chi connectivity index (χ1n) is 5.60. The minimum atomic E-state index is -2.92. The Hall–Kier alpha value is -0.130. The van der Waals surface area contributed by atoms with Gasteiger partial charge in [0, 0.05) is 25.2 Å². The molecule has 0 aliphatic carbocycles. The molecule has 1 aliphatic rings. The van der Waals surface area contributed by atoms with Crippen LogP contribution in [0.25, 0.3) is 0 Å². The number of sulfonamides is 1. The van der Waals surface area contributed by atoms with Crippen molar-refractivity contribution in [3.63, 3.8) is 0 Å². The van der Waals surface area contributed by atoms with Gasteiger partial charge in [-0.25, -0.2) is 12.7 Å². The van der Waals surface area contributed by atoms with Gasteiger partial charge in [0.1, 0.15) is 0 Å². The van der Waals surface area contributed by atoms with Crippen LogP contribution in [0.3, 0.4) is 0 Å². The lowest BCUT2D eigenvalue weighted by atomic mass is 10.0. The molecule has 0 unspecified atom stereocenters. The van der Waals surface area contributed by atoms with Crippen LogP contribution >= 0.6 is 0 Å². The molecule has 0 atom stereocenters. The van der Waals surface area contributed by atoms with Crippen LogP contribution in [0.4, 0.5) is 0 Å². The lowest BCUT2D eigenvalue weighted by Crippen LogP contribution is -2.43. The highest BCUT2D eigenvalue weighted by molar-refractivity contribution is 7.89. The zero-order valence-electron chi connectivity index (χ0n) is 9.91. The fraction of sp³-hybridized carbons (Fsp3) is 1.00. The van der Waals surface area contributed by atoms with Gasteiger partial charge in [-0.2, -0.15) is 0 Å². The zero-order valence-corrected chi connectivity index (χ0v) is 10.7. The molecule has 0 aromatic rings. The average molecular weight is 234 g/mol. The highest BCUT2D eigenvalue weighted by Gasteiger charge is 2.27. The van der Waals surface area contributed by atoms with Crippen LogP contribution in [0.15, 0.2) is 0 Å². The average Bonchev–Trinajstić information content (AvgIpc) is 2.46. The summed E-state index contributed by atoms with van der Waals surface area (Å²) in [6.45, 7) is 8.42. The molecular weight excluding hydrogens is 212 g/mol. The van der Waals surface area contributed by atoms with Gasteiger partial charge in [0.05, 0.1) is 5.75 Å². The van der Waals surface area contributed by atoms with Crippen molar-refractivity contribution < 1.29 is 8.42 Å². The minimum Gasteiger partial charge on any atom is -0.310 e. The Kier molecular flexibility index (Phi) is 4.14. The first-order chi connectivity index (χ1) is 6.87. The summed E-state index contributed by atoms with van der Waals surface area (Å²) in [4.78, 5) is 0. The summed E-state index contributed by atoms with van der Waals surface area (Å²) in [6.07, 6.45) is 1.82. The molecule has 4 nitrogen and oxygen atoms in total. The Bertz CT molecular complexity index is 299. The Morgan fingerprint density at radius 2 is 2.07 bits per heavy atom. The number of hydrogen-bond acceptors (Lipinski definition) is 3. The van der Waals surface area contributed by atoms with Gasteiger partial charge >= 0.3 is 0 Å². The zero-order chi connectivity index (χ0) is 11.5. The van der Waals surface area contributed by atoms with Crippen molar-refractivity contribution in [2.75, 3.05) is 25.4 Å². The molecule has 90 valence electrons. The summed E-state index contributed by atoms with van der Waals surface area (Å²) in [5.41, 5.74) is 0.101. The minimum absolute atomic E-state index is 0.101. The molecule has 0 saturated carbocycles. The quantitative estimate of drug-likeness (QED) is 0.765. The van der Waals surface area contributed by atoms with Crippen molar-refractivity contribution in [3.8, 4) is 0 Å². The van der Waals surface area contributed by atoms with Crippen molar-refractivity contribution in [1.29, 1.82) is 0 Å². The summed E-state index contributed by atoms with van der Waals surface area (Å²) in [5.74, 6) is 0.324.